The van der Waals surface area contributed by atoms with Gasteiger partial charge >= 0.3 is 5.97 Å². The summed E-state index contributed by atoms with van der Waals surface area (Å²) < 4.78 is 0. The van der Waals surface area contributed by atoms with Gasteiger partial charge < -0.3 is 5.11 Å². The predicted molar refractivity (Wildman–Crippen MR) is 51.0 cm³/mol. The number of carboxylic acids is 1. The van der Waals surface area contributed by atoms with E-state index in [2.05, 4.69) is 0 Å². The lowest BCUT2D eigenvalue weighted by Crippen LogP contribution is -1.89. The Bertz CT molecular complexity index is 338. The summed E-state index contributed by atoms with van der Waals surface area (Å²) in [5.41, 5.74) is 0.779. The fourth-order valence-electron chi connectivity index (χ4n) is 0.851. The number of carboxylic acid groups (broad SMARTS) is 1. The van der Waals surface area contributed by atoms with Crippen molar-refractivity contribution in [1.82, 2.24) is 0 Å². The van der Waals surface area contributed by atoms with E-state index in [1.165, 1.54) is 17.4 Å². The molecule has 0 atom stereocenters. The molecule has 0 amide bonds. The fourth-order valence-corrected chi connectivity index (χ4v) is 1.54. The molecule has 0 saturated heterocycles. The molecule has 68 valence electrons. The first-order chi connectivity index (χ1) is 6.24. The predicted octanol–water partition coefficient (Wildman–Crippen LogP) is 2.05. The highest BCUT2D eigenvalue weighted by molar-refractivity contribution is 7.11. The molecule has 0 bridgehead atoms. The number of thiophene rings is 1. The summed E-state index contributed by atoms with van der Waals surface area (Å²) in [6.07, 6.45) is 3.92. The highest BCUT2D eigenvalue weighted by atomic mass is 32.1. The van der Waals surface area contributed by atoms with Crippen LogP contribution >= 0.6 is 11.3 Å². The van der Waals surface area contributed by atoms with Crippen LogP contribution in [0.15, 0.2) is 17.5 Å². The van der Waals surface area contributed by atoms with Crippen LogP contribution in [0, 0.1) is 0 Å². The molecule has 13 heavy (non-hydrogen) atoms. The Labute approximate surface area is 79.3 Å². The van der Waals surface area contributed by atoms with Gasteiger partial charge in [0, 0.05) is 0 Å². The van der Waals surface area contributed by atoms with Gasteiger partial charge in [-0.3, -0.25) is 9.59 Å². The van der Waals surface area contributed by atoms with E-state index in [9.17, 15) is 9.59 Å². The molecule has 0 aliphatic carbocycles. The molecular formula is C9H8O3S. The van der Waals surface area contributed by atoms with Crippen LogP contribution in [-0.4, -0.2) is 17.4 Å². The van der Waals surface area contributed by atoms with E-state index >= 15 is 0 Å². The normalized spacial score (nSPS) is 10.5. The monoisotopic (exact) mass is 196 g/mol. The zero-order chi connectivity index (χ0) is 9.68. The van der Waals surface area contributed by atoms with Crippen molar-refractivity contribution in [2.45, 2.75) is 6.42 Å². The van der Waals surface area contributed by atoms with Crippen LogP contribution in [0.1, 0.15) is 21.7 Å². The molecule has 1 heterocycles. The van der Waals surface area contributed by atoms with Gasteiger partial charge in [-0.25, -0.2) is 0 Å². The smallest absolute Gasteiger partial charge is 0.307 e. The van der Waals surface area contributed by atoms with Crippen LogP contribution in [-0.2, 0) is 4.79 Å². The second kappa shape index (κ2) is 4.57. The van der Waals surface area contributed by atoms with Gasteiger partial charge in [0.2, 0.25) is 0 Å². The summed E-state index contributed by atoms with van der Waals surface area (Å²) in [4.78, 5) is 21.2. The van der Waals surface area contributed by atoms with Gasteiger partial charge in [0.1, 0.15) is 0 Å². The summed E-state index contributed by atoms with van der Waals surface area (Å²) in [5.74, 6) is -0.876. The zero-order valence-corrected chi connectivity index (χ0v) is 7.58. The molecule has 1 rings (SSSR count). The number of carbonyl (C=O) groups is 2. The summed E-state index contributed by atoms with van der Waals surface area (Å²) >= 11 is 1.34. The van der Waals surface area contributed by atoms with Gasteiger partial charge in [-0.2, -0.15) is 0 Å². The topological polar surface area (TPSA) is 54.4 Å². The van der Waals surface area contributed by atoms with E-state index in [1.807, 2.05) is 0 Å². The maximum atomic E-state index is 10.4. The SMILES string of the molecule is O=Cc1sccc1C=CCC(=O)O. The molecule has 4 heteroatoms. The number of hydrogen-bond donors (Lipinski definition) is 1. The van der Waals surface area contributed by atoms with Crippen molar-refractivity contribution in [2.75, 3.05) is 0 Å². The Morgan fingerprint density at radius 2 is 2.38 bits per heavy atom. The van der Waals surface area contributed by atoms with Crippen LogP contribution in [0.3, 0.4) is 0 Å². The molecule has 0 fully saturated rings. The first-order valence-corrected chi connectivity index (χ1v) is 4.53. The average Bonchev–Trinajstić information content (AvgIpc) is 2.51. The van der Waals surface area contributed by atoms with E-state index in [0.29, 0.717) is 4.88 Å². The van der Waals surface area contributed by atoms with Crippen molar-refractivity contribution < 1.29 is 14.7 Å². The highest BCUT2D eigenvalue weighted by Gasteiger charge is 1.98. The number of aldehydes is 1. The number of hydrogen-bond acceptors (Lipinski definition) is 3. The Balaban J connectivity index is 2.67. The number of carbonyl (C=O) groups excluding carboxylic acids is 1. The summed E-state index contributed by atoms with van der Waals surface area (Å²) in [6.45, 7) is 0. The lowest BCUT2D eigenvalue weighted by atomic mass is 10.2. The van der Waals surface area contributed by atoms with Crippen molar-refractivity contribution in [2.24, 2.45) is 0 Å². The standard InChI is InChI=1S/C9H8O3S/c10-6-8-7(4-5-13-8)2-1-3-9(11)12/h1-2,4-6H,3H2,(H,11,12). The largest absolute Gasteiger partial charge is 0.481 e. The first-order valence-electron chi connectivity index (χ1n) is 3.65. The summed E-state index contributed by atoms with van der Waals surface area (Å²) in [5, 5.41) is 10.1. The van der Waals surface area contributed by atoms with Crippen molar-refractivity contribution in [3.05, 3.63) is 28.0 Å². The molecule has 0 saturated carbocycles. The molecule has 1 aromatic rings. The van der Waals surface area contributed by atoms with Gasteiger partial charge in [-0.1, -0.05) is 12.2 Å². The molecule has 0 spiro atoms. The minimum absolute atomic E-state index is 0.0197. The molecular weight excluding hydrogens is 188 g/mol. The van der Waals surface area contributed by atoms with Crippen LogP contribution < -0.4 is 0 Å². The van der Waals surface area contributed by atoms with Crippen LogP contribution in [0.5, 0.6) is 0 Å². The van der Waals surface area contributed by atoms with Crippen LogP contribution in [0.25, 0.3) is 6.08 Å². The summed E-state index contributed by atoms with van der Waals surface area (Å²) in [6, 6.07) is 1.78. The van der Waals surface area contributed by atoms with Crippen molar-refractivity contribution in [3.63, 3.8) is 0 Å². The maximum Gasteiger partial charge on any atom is 0.307 e. The van der Waals surface area contributed by atoms with E-state index in [-0.39, 0.29) is 6.42 Å². The van der Waals surface area contributed by atoms with Gasteiger partial charge in [0.25, 0.3) is 0 Å². The summed E-state index contributed by atoms with van der Waals surface area (Å²) in [7, 11) is 0. The zero-order valence-electron chi connectivity index (χ0n) is 6.77. The Hall–Kier alpha value is -1.42. The molecule has 0 aliphatic heterocycles. The van der Waals surface area contributed by atoms with Gasteiger partial charge in [0.15, 0.2) is 6.29 Å². The van der Waals surface area contributed by atoms with Crippen LogP contribution in [0.2, 0.25) is 0 Å². The third-order valence-electron chi connectivity index (χ3n) is 1.42. The number of rotatable bonds is 4. The maximum absolute atomic E-state index is 10.4. The lowest BCUT2D eigenvalue weighted by Gasteiger charge is -1.87. The van der Waals surface area contributed by atoms with Crippen molar-refractivity contribution in [3.8, 4) is 0 Å². The Morgan fingerprint density at radius 1 is 1.62 bits per heavy atom. The highest BCUT2D eigenvalue weighted by Crippen LogP contribution is 2.15. The van der Waals surface area contributed by atoms with Gasteiger partial charge in [0.05, 0.1) is 11.3 Å². The average molecular weight is 196 g/mol. The van der Waals surface area contributed by atoms with Gasteiger partial charge in [-0.15, -0.1) is 11.3 Å². The molecule has 0 radical (unpaired) electrons. The van der Waals surface area contributed by atoms with Gasteiger partial charge in [-0.05, 0) is 17.0 Å². The van der Waals surface area contributed by atoms with Crippen molar-refractivity contribution in [1.29, 1.82) is 0 Å². The first kappa shape index (κ1) is 9.67. The molecule has 0 unspecified atom stereocenters. The third kappa shape index (κ3) is 2.83. The second-order valence-electron chi connectivity index (χ2n) is 2.36. The number of aliphatic carboxylic acids is 1. The fraction of sp³-hybridized carbons (Fsp3) is 0.111. The van der Waals surface area contributed by atoms with Crippen LogP contribution in [0.4, 0.5) is 0 Å². The van der Waals surface area contributed by atoms with E-state index in [1.54, 1.807) is 17.5 Å². The second-order valence-corrected chi connectivity index (χ2v) is 3.31. The molecule has 0 aromatic carbocycles. The third-order valence-corrected chi connectivity index (χ3v) is 2.28. The van der Waals surface area contributed by atoms with E-state index in [0.717, 1.165) is 11.8 Å². The molecule has 0 aliphatic rings. The lowest BCUT2D eigenvalue weighted by molar-refractivity contribution is -0.135. The van der Waals surface area contributed by atoms with E-state index in [4.69, 9.17) is 5.11 Å². The molecule has 1 N–H and O–H groups in total. The molecule has 3 nitrogen and oxygen atoms in total. The Kier molecular flexibility index (Phi) is 3.40. The Morgan fingerprint density at radius 3 is 3.00 bits per heavy atom. The van der Waals surface area contributed by atoms with Crippen molar-refractivity contribution >= 4 is 29.7 Å². The minimum Gasteiger partial charge on any atom is -0.481 e. The minimum atomic E-state index is -0.876. The van der Waals surface area contributed by atoms with E-state index < -0.39 is 5.97 Å². The molecule has 1 aromatic heterocycles. The quantitative estimate of drug-likeness (QED) is 0.750.